The second-order valence-electron chi connectivity index (χ2n) is 4.17. The summed E-state index contributed by atoms with van der Waals surface area (Å²) < 4.78 is 19.5. The number of hydrogen-bond acceptors (Lipinski definition) is 9. The molecule has 1 amide bonds. The van der Waals surface area contributed by atoms with E-state index < -0.39 is 29.3 Å². The zero-order valence-electron chi connectivity index (χ0n) is 13.5. The van der Waals surface area contributed by atoms with Crippen LogP contribution >= 0.6 is 24.0 Å². The first-order chi connectivity index (χ1) is 10.8. The van der Waals surface area contributed by atoms with Crippen molar-refractivity contribution in [3.63, 3.8) is 0 Å². The first-order valence-electron chi connectivity index (χ1n) is 6.73. The van der Waals surface area contributed by atoms with E-state index in [0.29, 0.717) is 6.61 Å². The lowest BCUT2D eigenvalue weighted by Gasteiger charge is -2.22. The van der Waals surface area contributed by atoms with E-state index in [1.807, 2.05) is 0 Å². The average molecular weight is 367 g/mol. The fraction of sp³-hybridized carbons (Fsp3) is 0.692. The highest BCUT2D eigenvalue weighted by atomic mass is 32.2. The van der Waals surface area contributed by atoms with Crippen LogP contribution in [0.2, 0.25) is 0 Å². The zero-order valence-corrected chi connectivity index (χ0v) is 15.1. The molecular weight excluding hydrogens is 346 g/mol. The van der Waals surface area contributed by atoms with Gasteiger partial charge >= 0.3 is 18.0 Å². The molecule has 0 aliphatic carbocycles. The summed E-state index contributed by atoms with van der Waals surface area (Å²) in [7, 11) is 2.38. The quantitative estimate of drug-likeness (QED) is 0.386. The Labute approximate surface area is 144 Å². The van der Waals surface area contributed by atoms with Crippen LogP contribution in [0, 0.1) is 0 Å². The van der Waals surface area contributed by atoms with E-state index in [4.69, 9.17) is 21.7 Å². The topological polar surface area (TPSA) is 100 Å². The maximum atomic E-state index is 11.8. The number of thioether (sulfide) groups is 1. The lowest BCUT2D eigenvalue weighted by Crippen LogP contribution is -2.44. The van der Waals surface area contributed by atoms with Crippen LogP contribution in [0.4, 0.5) is 4.79 Å². The summed E-state index contributed by atoms with van der Waals surface area (Å²) in [6, 6.07) is -0.968. The van der Waals surface area contributed by atoms with Crippen LogP contribution < -0.4 is 5.32 Å². The Morgan fingerprint density at radius 1 is 1.17 bits per heavy atom. The van der Waals surface area contributed by atoms with Gasteiger partial charge in [0.2, 0.25) is 4.38 Å². The van der Waals surface area contributed by atoms with E-state index in [1.165, 1.54) is 21.1 Å². The molecule has 0 fully saturated rings. The third-order valence-corrected chi connectivity index (χ3v) is 3.84. The van der Waals surface area contributed by atoms with Gasteiger partial charge in [0.1, 0.15) is 12.6 Å². The number of hydrogen-bond donors (Lipinski definition) is 1. The molecule has 8 nitrogen and oxygen atoms in total. The molecule has 0 aliphatic rings. The number of nitrogens with one attached hydrogen (secondary N) is 1. The third-order valence-electron chi connectivity index (χ3n) is 2.46. The van der Waals surface area contributed by atoms with E-state index in [0.717, 1.165) is 11.8 Å². The van der Waals surface area contributed by atoms with Crippen molar-refractivity contribution in [3.05, 3.63) is 0 Å². The summed E-state index contributed by atoms with van der Waals surface area (Å²) in [6.07, 6.45) is -0.656. The number of carbonyl (C=O) groups excluding carboxylic acids is 3. The minimum absolute atomic E-state index is 0.00353. The predicted octanol–water partition coefficient (Wildman–Crippen LogP) is 1.26. The first-order valence-corrected chi connectivity index (χ1v) is 8.01. The molecule has 0 saturated carbocycles. The molecule has 23 heavy (non-hydrogen) atoms. The average Bonchev–Trinajstić information content (AvgIpc) is 2.50. The highest BCUT2D eigenvalue weighted by Crippen LogP contribution is 2.20. The van der Waals surface area contributed by atoms with Gasteiger partial charge in [-0.1, -0.05) is 11.8 Å². The lowest BCUT2D eigenvalue weighted by atomic mass is 10.1. The first kappa shape index (κ1) is 21.4. The number of rotatable bonds is 8. The number of esters is 2. The summed E-state index contributed by atoms with van der Waals surface area (Å²) in [5, 5.41) is 1.96. The van der Waals surface area contributed by atoms with Gasteiger partial charge in [-0.15, -0.1) is 0 Å². The van der Waals surface area contributed by atoms with Crippen LogP contribution in [0.5, 0.6) is 0 Å². The van der Waals surface area contributed by atoms with Gasteiger partial charge in [0.25, 0.3) is 0 Å². The maximum Gasteiger partial charge on any atom is 0.407 e. The van der Waals surface area contributed by atoms with Crippen LogP contribution in [0.3, 0.4) is 0 Å². The molecule has 0 saturated heterocycles. The Morgan fingerprint density at radius 3 is 2.30 bits per heavy atom. The Morgan fingerprint density at radius 2 is 1.83 bits per heavy atom. The van der Waals surface area contributed by atoms with E-state index >= 15 is 0 Å². The summed E-state index contributed by atoms with van der Waals surface area (Å²) >= 11 is 6.17. The summed E-state index contributed by atoms with van der Waals surface area (Å²) in [5.74, 6) is -1.11. The SMILES string of the molecule is CCOC(=S)SC(COC(C)=O)CC(NC(=O)OC)C(=O)OC. The van der Waals surface area contributed by atoms with Crippen LogP contribution in [-0.4, -0.2) is 61.1 Å². The molecule has 0 aromatic heterocycles. The minimum atomic E-state index is -0.968. The van der Waals surface area contributed by atoms with Crippen LogP contribution in [0.25, 0.3) is 0 Å². The lowest BCUT2D eigenvalue weighted by molar-refractivity contribution is -0.143. The second kappa shape index (κ2) is 11.9. The molecule has 0 bridgehead atoms. The number of alkyl carbamates (subject to hydrolysis) is 1. The summed E-state index contributed by atoms with van der Waals surface area (Å²) in [5.41, 5.74) is 0. The predicted molar refractivity (Wildman–Crippen MR) is 88.2 cm³/mol. The molecular formula is C13H21NO7S2. The molecule has 0 aromatic rings. The molecule has 0 aliphatic heterocycles. The molecule has 0 radical (unpaired) electrons. The van der Waals surface area contributed by atoms with E-state index in [-0.39, 0.29) is 17.4 Å². The van der Waals surface area contributed by atoms with Gasteiger partial charge in [0.15, 0.2) is 0 Å². The maximum absolute atomic E-state index is 11.8. The van der Waals surface area contributed by atoms with Crippen molar-refractivity contribution >= 4 is 46.4 Å². The standard InChI is InChI=1S/C13H21NO7S2/c1-5-20-13(22)23-9(7-21-8(2)15)6-10(11(16)18-3)14-12(17)19-4/h9-10H,5-7H2,1-4H3,(H,14,17). The third kappa shape index (κ3) is 9.95. The highest BCUT2D eigenvalue weighted by Gasteiger charge is 2.28. The fourth-order valence-electron chi connectivity index (χ4n) is 1.47. The van der Waals surface area contributed by atoms with E-state index in [2.05, 4.69) is 14.8 Å². The van der Waals surface area contributed by atoms with Crippen molar-refractivity contribution in [2.45, 2.75) is 31.6 Å². The normalized spacial score (nSPS) is 12.5. The molecule has 132 valence electrons. The van der Waals surface area contributed by atoms with Crippen molar-refractivity contribution in [2.75, 3.05) is 27.4 Å². The van der Waals surface area contributed by atoms with Crippen molar-refractivity contribution in [2.24, 2.45) is 0 Å². The summed E-state index contributed by atoms with van der Waals surface area (Å²) in [4.78, 5) is 34.1. The van der Waals surface area contributed by atoms with Crippen molar-refractivity contribution in [1.82, 2.24) is 5.32 Å². The van der Waals surface area contributed by atoms with Gasteiger partial charge in [-0.3, -0.25) is 4.79 Å². The Hall–Kier alpha value is -1.55. The number of methoxy groups -OCH3 is 2. The van der Waals surface area contributed by atoms with Gasteiger partial charge < -0.3 is 24.3 Å². The monoisotopic (exact) mass is 367 g/mol. The Kier molecular flexibility index (Phi) is 11.1. The second-order valence-corrected chi connectivity index (χ2v) is 6.08. The molecule has 1 N–H and O–H groups in total. The smallest absolute Gasteiger partial charge is 0.407 e. The molecule has 2 unspecified atom stereocenters. The van der Waals surface area contributed by atoms with Gasteiger partial charge in [-0.25, -0.2) is 9.59 Å². The van der Waals surface area contributed by atoms with Crippen molar-refractivity contribution in [1.29, 1.82) is 0 Å². The van der Waals surface area contributed by atoms with Crippen molar-refractivity contribution < 1.29 is 33.3 Å². The molecule has 0 heterocycles. The molecule has 10 heteroatoms. The van der Waals surface area contributed by atoms with Crippen LogP contribution in [-0.2, 0) is 28.5 Å². The fourth-order valence-corrected chi connectivity index (χ4v) is 2.88. The Bertz CT molecular complexity index is 431. The van der Waals surface area contributed by atoms with Crippen LogP contribution in [0.15, 0.2) is 0 Å². The minimum Gasteiger partial charge on any atom is -0.479 e. The Balaban J connectivity index is 4.92. The van der Waals surface area contributed by atoms with Gasteiger partial charge in [0, 0.05) is 6.92 Å². The van der Waals surface area contributed by atoms with Crippen molar-refractivity contribution in [3.8, 4) is 0 Å². The van der Waals surface area contributed by atoms with Gasteiger partial charge in [-0.05, 0) is 25.6 Å². The number of ether oxygens (including phenoxy) is 4. The molecule has 2 atom stereocenters. The number of amides is 1. The van der Waals surface area contributed by atoms with Gasteiger partial charge in [-0.2, -0.15) is 0 Å². The zero-order chi connectivity index (χ0) is 17.8. The molecule has 0 spiro atoms. The highest BCUT2D eigenvalue weighted by molar-refractivity contribution is 8.23. The van der Waals surface area contributed by atoms with Crippen LogP contribution in [0.1, 0.15) is 20.3 Å². The van der Waals surface area contributed by atoms with E-state index in [9.17, 15) is 14.4 Å². The number of thiocarbonyl (C=S) groups is 1. The number of carbonyl (C=O) groups is 3. The largest absolute Gasteiger partial charge is 0.479 e. The van der Waals surface area contributed by atoms with Gasteiger partial charge in [0.05, 0.1) is 26.1 Å². The molecule has 0 aromatic carbocycles. The summed E-state index contributed by atoms with van der Waals surface area (Å²) in [6.45, 7) is 3.45. The van der Waals surface area contributed by atoms with E-state index in [1.54, 1.807) is 6.92 Å². The molecule has 0 rings (SSSR count).